The van der Waals surface area contributed by atoms with Gasteiger partial charge in [0.2, 0.25) is 5.91 Å². The van der Waals surface area contributed by atoms with Crippen LogP contribution in [0, 0.1) is 6.92 Å². The van der Waals surface area contributed by atoms with Gasteiger partial charge < -0.3 is 15.4 Å². The molecule has 0 aromatic heterocycles. The second-order valence-electron chi connectivity index (χ2n) is 6.83. The number of rotatable bonds is 3. The molecule has 0 aliphatic carbocycles. The van der Waals surface area contributed by atoms with Crippen LogP contribution in [0.4, 0.5) is 0 Å². The molecule has 2 fully saturated rings. The van der Waals surface area contributed by atoms with E-state index >= 15 is 0 Å². The lowest BCUT2D eigenvalue weighted by Crippen LogP contribution is -2.61. The first kappa shape index (κ1) is 16.4. The van der Waals surface area contributed by atoms with Gasteiger partial charge >= 0.3 is 0 Å². The zero-order chi connectivity index (χ0) is 16.3. The van der Waals surface area contributed by atoms with E-state index in [4.69, 9.17) is 10.5 Å². The van der Waals surface area contributed by atoms with Gasteiger partial charge in [0.15, 0.2) is 0 Å². The van der Waals surface area contributed by atoms with Crippen molar-refractivity contribution in [3.63, 3.8) is 0 Å². The number of carbonyl (C=O) groups is 1. The summed E-state index contributed by atoms with van der Waals surface area (Å²) in [6, 6.07) is 8.62. The third-order valence-electron chi connectivity index (χ3n) is 4.96. The molecule has 1 amide bonds. The van der Waals surface area contributed by atoms with Crippen LogP contribution in [0.1, 0.15) is 24.0 Å². The predicted molar refractivity (Wildman–Crippen MR) is 90.0 cm³/mol. The highest BCUT2D eigenvalue weighted by Crippen LogP contribution is 2.21. The maximum atomic E-state index is 12.7. The van der Waals surface area contributed by atoms with Crippen molar-refractivity contribution in [2.24, 2.45) is 5.73 Å². The van der Waals surface area contributed by atoms with Crippen molar-refractivity contribution in [2.45, 2.75) is 31.8 Å². The van der Waals surface area contributed by atoms with E-state index in [2.05, 4.69) is 36.1 Å². The molecular weight excluding hydrogens is 290 g/mol. The molecule has 0 saturated carbocycles. The summed E-state index contributed by atoms with van der Waals surface area (Å²) in [5, 5.41) is 0. The Morgan fingerprint density at radius 1 is 1.22 bits per heavy atom. The van der Waals surface area contributed by atoms with Crippen molar-refractivity contribution in [3.8, 4) is 0 Å². The van der Waals surface area contributed by atoms with Crippen molar-refractivity contribution in [2.75, 3.05) is 39.4 Å². The molecule has 2 heterocycles. The van der Waals surface area contributed by atoms with E-state index in [9.17, 15) is 4.79 Å². The molecule has 2 saturated heterocycles. The third kappa shape index (κ3) is 3.91. The molecule has 0 unspecified atom stereocenters. The molecule has 1 aromatic carbocycles. The van der Waals surface area contributed by atoms with Crippen LogP contribution in [0.15, 0.2) is 24.3 Å². The van der Waals surface area contributed by atoms with E-state index in [0.717, 1.165) is 32.7 Å². The Balaban J connectivity index is 1.53. The fourth-order valence-corrected chi connectivity index (χ4v) is 3.44. The highest BCUT2D eigenvalue weighted by Gasteiger charge is 2.39. The van der Waals surface area contributed by atoms with Crippen LogP contribution in [0.5, 0.6) is 0 Å². The van der Waals surface area contributed by atoms with E-state index in [1.807, 2.05) is 4.90 Å². The van der Waals surface area contributed by atoms with Gasteiger partial charge in [-0.3, -0.25) is 9.69 Å². The standard InChI is InChI=1S/C18H27N3O2/c1-15-3-2-4-16(13-15)14-20-7-9-21(10-8-20)17(22)18(19)5-11-23-12-6-18/h2-4,13H,5-12,14,19H2,1H3. The molecule has 1 aromatic rings. The number of hydrogen-bond acceptors (Lipinski definition) is 4. The Labute approximate surface area is 138 Å². The molecule has 5 heteroatoms. The Morgan fingerprint density at radius 3 is 2.57 bits per heavy atom. The Hall–Kier alpha value is -1.43. The highest BCUT2D eigenvalue weighted by atomic mass is 16.5. The average molecular weight is 317 g/mol. The maximum absolute atomic E-state index is 12.7. The molecule has 23 heavy (non-hydrogen) atoms. The number of hydrogen-bond donors (Lipinski definition) is 1. The summed E-state index contributed by atoms with van der Waals surface area (Å²) < 4.78 is 5.34. The van der Waals surface area contributed by atoms with Crippen molar-refractivity contribution >= 4 is 5.91 Å². The topological polar surface area (TPSA) is 58.8 Å². The zero-order valence-electron chi connectivity index (χ0n) is 14.0. The van der Waals surface area contributed by atoms with Crippen LogP contribution in [0.25, 0.3) is 0 Å². The summed E-state index contributed by atoms with van der Waals surface area (Å²) in [6.45, 7) is 7.61. The summed E-state index contributed by atoms with van der Waals surface area (Å²) in [5.41, 5.74) is 8.24. The van der Waals surface area contributed by atoms with E-state index in [1.165, 1.54) is 11.1 Å². The van der Waals surface area contributed by atoms with Crippen molar-refractivity contribution < 1.29 is 9.53 Å². The minimum Gasteiger partial charge on any atom is -0.381 e. The van der Waals surface area contributed by atoms with Gasteiger partial charge in [-0.1, -0.05) is 29.8 Å². The molecule has 126 valence electrons. The first-order valence-corrected chi connectivity index (χ1v) is 8.51. The molecule has 0 spiro atoms. The first-order valence-electron chi connectivity index (χ1n) is 8.51. The summed E-state index contributed by atoms with van der Waals surface area (Å²) in [4.78, 5) is 17.1. The molecule has 3 rings (SSSR count). The molecule has 2 aliphatic rings. The lowest BCUT2D eigenvalue weighted by atomic mass is 9.89. The van der Waals surface area contributed by atoms with E-state index in [1.54, 1.807) is 0 Å². The molecule has 0 atom stereocenters. The molecule has 0 radical (unpaired) electrons. The molecule has 0 bridgehead atoms. The fourth-order valence-electron chi connectivity index (χ4n) is 3.44. The summed E-state index contributed by atoms with van der Waals surface area (Å²) >= 11 is 0. The summed E-state index contributed by atoms with van der Waals surface area (Å²) in [5.74, 6) is 0.107. The molecule has 5 nitrogen and oxygen atoms in total. The van der Waals surface area contributed by atoms with Crippen LogP contribution >= 0.6 is 0 Å². The molecular formula is C18H27N3O2. The Morgan fingerprint density at radius 2 is 1.91 bits per heavy atom. The lowest BCUT2D eigenvalue weighted by molar-refractivity contribution is -0.142. The number of piperazine rings is 1. The zero-order valence-corrected chi connectivity index (χ0v) is 14.0. The fraction of sp³-hybridized carbons (Fsp3) is 0.611. The van der Waals surface area contributed by atoms with Crippen molar-refractivity contribution in [1.82, 2.24) is 9.80 Å². The minimum absolute atomic E-state index is 0.107. The lowest BCUT2D eigenvalue weighted by Gasteiger charge is -2.41. The van der Waals surface area contributed by atoms with Gasteiger partial charge in [0.1, 0.15) is 0 Å². The van der Waals surface area contributed by atoms with E-state index < -0.39 is 5.54 Å². The normalized spacial score (nSPS) is 22.1. The van der Waals surface area contributed by atoms with Gasteiger partial charge in [-0.05, 0) is 25.3 Å². The average Bonchev–Trinajstić information content (AvgIpc) is 2.56. The number of benzene rings is 1. The summed E-state index contributed by atoms with van der Waals surface area (Å²) in [7, 11) is 0. The summed E-state index contributed by atoms with van der Waals surface area (Å²) in [6.07, 6.45) is 1.27. The van der Waals surface area contributed by atoms with Gasteiger partial charge in [-0.15, -0.1) is 0 Å². The second kappa shape index (κ2) is 6.99. The van der Waals surface area contributed by atoms with Gasteiger partial charge in [-0.25, -0.2) is 0 Å². The van der Waals surface area contributed by atoms with E-state index in [0.29, 0.717) is 26.1 Å². The smallest absolute Gasteiger partial charge is 0.242 e. The number of amides is 1. The largest absolute Gasteiger partial charge is 0.381 e. The Bertz CT molecular complexity index is 547. The van der Waals surface area contributed by atoms with Gasteiger partial charge in [0.25, 0.3) is 0 Å². The second-order valence-corrected chi connectivity index (χ2v) is 6.83. The van der Waals surface area contributed by atoms with Crippen molar-refractivity contribution in [3.05, 3.63) is 35.4 Å². The minimum atomic E-state index is -0.711. The number of nitrogens with two attached hydrogens (primary N) is 1. The quantitative estimate of drug-likeness (QED) is 0.908. The number of ether oxygens (including phenoxy) is 1. The number of nitrogens with zero attached hydrogens (tertiary/aromatic N) is 2. The third-order valence-corrected chi connectivity index (χ3v) is 4.96. The highest BCUT2D eigenvalue weighted by molar-refractivity contribution is 5.86. The van der Waals surface area contributed by atoms with Crippen molar-refractivity contribution in [1.29, 1.82) is 0 Å². The van der Waals surface area contributed by atoms with Gasteiger partial charge in [-0.2, -0.15) is 0 Å². The number of carbonyl (C=O) groups excluding carboxylic acids is 1. The van der Waals surface area contributed by atoms with Gasteiger partial charge in [0, 0.05) is 45.9 Å². The van der Waals surface area contributed by atoms with Crippen LogP contribution < -0.4 is 5.73 Å². The Kier molecular flexibility index (Phi) is 4.99. The predicted octanol–water partition coefficient (Wildman–Crippen LogP) is 1.15. The van der Waals surface area contributed by atoms with Crippen LogP contribution in [0.3, 0.4) is 0 Å². The van der Waals surface area contributed by atoms with Crippen LogP contribution in [0.2, 0.25) is 0 Å². The molecule has 2 N–H and O–H groups in total. The van der Waals surface area contributed by atoms with E-state index in [-0.39, 0.29) is 5.91 Å². The first-order chi connectivity index (χ1) is 11.1. The van der Waals surface area contributed by atoms with Gasteiger partial charge in [0.05, 0.1) is 5.54 Å². The van der Waals surface area contributed by atoms with Crippen LogP contribution in [-0.4, -0.2) is 60.6 Å². The SMILES string of the molecule is Cc1cccc(CN2CCN(C(=O)C3(N)CCOCC3)CC2)c1. The van der Waals surface area contributed by atoms with Crippen LogP contribution in [-0.2, 0) is 16.1 Å². The molecule has 2 aliphatic heterocycles. The monoisotopic (exact) mass is 317 g/mol. The number of aryl methyl sites for hydroxylation is 1. The maximum Gasteiger partial charge on any atom is 0.242 e.